The summed E-state index contributed by atoms with van der Waals surface area (Å²) in [5, 5.41) is 13.2. The molecular formula is C36H42F5N5O6. The molecule has 282 valence electrons. The Balaban J connectivity index is 1.21. The topological polar surface area (TPSA) is 149 Å². The zero-order valence-corrected chi connectivity index (χ0v) is 29.0. The van der Waals surface area contributed by atoms with Crippen molar-refractivity contribution < 1.29 is 46.1 Å². The number of aromatic nitrogens is 2. The molecule has 1 aromatic heterocycles. The van der Waals surface area contributed by atoms with Gasteiger partial charge in [-0.1, -0.05) is 42.5 Å². The molecule has 2 aromatic carbocycles. The van der Waals surface area contributed by atoms with Crippen LogP contribution in [0.25, 0.3) is 0 Å². The number of nitrogens with one attached hydrogen (secondary N) is 1. The Morgan fingerprint density at radius 3 is 2.27 bits per heavy atom. The van der Waals surface area contributed by atoms with Crippen LogP contribution >= 0.6 is 0 Å². The van der Waals surface area contributed by atoms with E-state index < -0.39 is 64.9 Å². The molecule has 2 aliphatic rings. The van der Waals surface area contributed by atoms with E-state index in [1.54, 1.807) is 35.2 Å². The van der Waals surface area contributed by atoms with E-state index in [0.717, 1.165) is 23.0 Å². The monoisotopic (exact) mass is 735 g/mol. The van der Waals surface area contributed by atoms with Crippen LogP contribution in [0.4, 0.5) is 32.4 Å². The summed E-state index contributed by atoms with van der Waals surface area (Å²) in [7, 11) is 0. The van der Waals surface area contributed by atoms with Crippen LogP contribution in [0.3, 0.4) is 0 Å². The number of nitrogens with zero attached hydrogens (tertiary/aromatic N) is 3. The van der Waals surface area contributed by atoms with Gasteiger partial charge in [-0.05, 0) is 63.3 Å². The van der Waals surface area contributed by atoms with Crippen LogP contribution in [0.15, 0.2) is 65.7 Å². The molecule has 2 fully saturated rings. The fourth-order valence-electron chi connectivity index (χ4n) is 6.64. The van der Waals surface area contributed by atoms with Gasteiger partial charge < -0.3 is 30.5 Å². The van der Waals surface area contributed by atoms with Gasteiger partial charge in [0.25, 0.3) is 5.56 Å². The van der Waals surface area contributed by atoms with Crippen LogP contribution in [-0.4, -0.2) is 67.9 Å². The SMILES string of the molecule is CC(C)(C)OC(=O)NC(c1ccc(Oc2ncn(CC3(O)CCN(C(=O)[C@@H]4CCC(F)(F)C[C@H]4c4ccccc4)CC3)c(=O)c2N)cc1)C(F)(F)F. The number of halogens is 5. The predicted octanol–water partition coefficient (Wildman–Crippen LogP) is 6.32. The Hall–Kier alpha value is -4.73. The molecule has 1 aliphatic carbocycles. The standard InChI is InChI=1S/C36H42F5N5O6/c1-33(2,3)52-32(49)44-28(36(39,40)41)23-9-11-24(12-10-23)51-29-27(42)31(48)46(21-43-29)20-34(50)15-17-45(18-16-34)30(47)25-13-14-35(37,38)19-26(25)22-7-5-4-6-8-22/h4-12,21,25-26,28,50H,13-20,42H2,1-3H3,(H,44,49)/t25-,26+,28?/m1/s1. The summed E-state index contributed by atoms with van der Waals surface area (Å²) >= 11 is 0. The van der Waals surface area contributed by atoms with E-state index in [0.29, 0.717) is 5.56 Å². The lowest BCUT2D eigenvalue weighted by atomic mass is 9.73. The molecule has 1 aliphatic heterocycles. The summed E-state index contributed by atoms with van der Waals surface area (Å²) in [6, 6.07) is 11.0. The fraction of sp³-hybridized carbons (Fsp3) is 0.500. The Bertz CT molecular complexity index is 1790. The highest BCUT2D eigenvalue weighted by Crippen LogP contribution is 2.46. The number of hydrogen-bond donors (Lipinski definition) is 3. The summed E-state index contributed by atoms with van der Waals surface area (Å²) in [4.78, 5) is 44.5. The van der Waals surface area contributed by atoms with Gasteiger partial charge in [-0.3, -0.25) is 14.2 Å². The highest BCUT2D eigenvalue weighted by atomic mass is 19.4. The van der Waals surface area contributed by atoms with E-state index in [9.17, 15) is 41.4 Å². The van der Waals surface area contributed by atoms with Crippen LogP contribution in [0.5, 0.6) is 11.6 Å². The third kappa shape index (κ3) is 9.38. The molecule has 2 amide bonds. The molecular weight excluding hydrogens is 693 g/mol. The Morgan fingerprint density at radius 1 is 1.04 bits per heavy atom. The molecule has 5 rings (SSSR count). The predicted molar refractivity (Wildman–Crippen MR) is 180 cm³/mol. The number of carbonyl (C=O) groups is 2. The van der Waals surface area contributed by atoms with Gasteiger partial charge in [-0.25, -0.2) is 18.6 Å². The van der Waals surface area contributed by atoms with Crippen LogP contribution in [-0.2, 0) is 16.1 Å². The molecule has 3 aromatic rings. The maximum absolute atomic E-state index is 14.4. The summed E-state index contributed by atoms with van der Waals surface area (Å²) in [6.45, 7) is 4.66. The van der Waals surface area contributed by atoms with E-state index in [4.69, 9.17) is 15.2 Å². The zero-order valence-electron chi connectivity index (χ0n) is 29.0. The van der Waals surface area contributed by atoms with E-state index in [1.165, 1.54) is 32.9 Å². The largest absolute Gasteiger partial charge is 0.444 e. The first-order valence-electron chi connectivity index (χ1n) is 16.9. The normalized spacial score (nSPS) is 20.8. The molecule has 11 nitrogen and oxygen atoms in total. The molecule has 16 heteroatoms. The molecule has 3 atom stereocenters. The number of likely N-dealkylation sites (tertiary alicyclic amines) is 1. The fourth-order valence-corrected chi connectivity index (χ4v) is 6.64. The average molecular weight is 736 g/mol. The first-order chi connectivity index (χ1) is 24.2. The molecule has 52 heavy (non-hydrogen) atoms. The number of piperidine rings is 1. The molecule has 0 radical (unpaired) electrons. The minimum absolute atomic E-state index is 0.00477. The maximum Gasteiger partial charge on any atom is 0.412 e. The number of alkyl halides is 5. The van der Waals surface area contributed by atoms with Crippen molar-refractivity contribution in [2.75, 3.05) is 18.8 Å². The van der Waals surface area contributed by atoms with Gasteiger partial charge in [0.05, 0.1) is 12.1 Å². The number of ether oxygens (including phenoxy) is 2. The molecule has 0 spiro atoms. The van der Waals surface area contributed by atoms with E-state index in [2.05, 4.69) is 4.98 Å². The summed E-state index contributed by atoms with van der Waals surface area (Å²) in [6.07, 6.45) is -5.50. The number of carbonyl (C=O) groups excluding carboxylic acids is 2. The zero-order chi connectivity index (χ0) is 38.1. The van der Waals surface area contributed by atoms with Crippen molar-refractivity contribution in [3.63, 3.8) is 0 Å². The number of anilines is 1. The minimum atomic E-state index is -4.84. The van der Waals surface area contributed by atoms with Gasteiger partial charge in [-0.2, -0.15) is 13.2 Å². The molecule has 1 unspecified atom stereocenters. The summed E-state index contributed by atoms with van der Waals surface area (Å²) < 4.78 is 81.8. The maximum atomic E-state index is 14.4. The number of amides is 2. The van der Waals surface area contributed by atoms with E-state index in [-0.39, 0.29) is 68.4 Å². The molecule has 2 heterocycles. The van der Waals surface area contributed by atoms with Crippen LogP contribution in [0.2, 0.25) is 0 Å². The third-order valence-electron chi connectivity index (χ3n) is 9.29. The van der Waals surface area contributed by atoms with Crippen molar-refractivity contribution in [1.29, 1.82) is 0 Å². The first-order valence-corrected chi connectivity index (χ1v) is 16.9. The van der Waals surface area contributed by atoms with Gasteiger partial charge >= 0.3 is 12.3 Å². The molecule has 4 N–H and O–H groups in total. The lowest BCUT2D eigenvalue weighted by Crippen LogP contribution is -2.52. The molecule has 1 saturated heterocycles. The number of rotatable bonds is 8. The molecule has 0 bridgehead atoms. The molecule has 1 saturated carbocycles. The van der Waals surface area contributed by atoms with Crippen LogP contribution < -0.4 is 21.3 Å². The van der Waals surface area contributed by atoms with E-state index in [1.807, 2.05) is 5.32 Å². The second kappa shape index (κ2) is 14.7. The van der Waals surface area contributed by atoms with Gasteiger partial charge in [0.15, 0.2) is 11.7 Å². The van der Waals surface area contributed by atoms with Crippen molar-refractivity contribution in [2.24, 2.45) is 5.92 Å². The first kappa shape index (κ1) is 38.5. The van der Waals surface area contributed by atoms with Crippen molar-refractivity contribution in [3.8, 4) is 11.6 Å². The van der Waals surface area contributed by atoms with Crippen LogP contribution in [0.1, 0.15) is 76.0 Å². The Kier molecular flexibility index (Phi) is 10.9. The van der Waals surface area contributed by atoms with Crippen LogP contribution in [0, 0.1) is 5.92 Å². The van der Waals surface area contributed by atoms with Crippen molar-refractivity contribution in [1.82, 2.24) is 19.8 Å². The van der Waals surface area contributed by atoms with Gasteiger partial charge in [0.2, 0.25) is 17.7 Å². The third-order valence-corrected chi connectivity index (χ3v) is 9.29. The number of benzene rings is 2. The number of hydrogen-bond acceptors (Lipinski definition) is 8. The average Bonchev–Trinajstić information content (AvgIpc) is 3.06. The summed E-state index contributed by atoms with van der Waals surface area (Å²) in [5.41, 5.74) is 2.84. The number of alkyl carbamates (subject to hydrolysis) is 1. The quantitative estimate of drug-likeness (QED) is 0.228. The number of nitrogen functional groups attached to an aromatic ring is 1. The number of aliphatic hydroxyl groups is 1. The van der Waals surface area contributed by atoms with Crippen molar-refractivity contribution >= 4 is 17.7 Å². The second-order valence-corrected chi connectivity index (χ2v) is 14.5. The minimum Gasteiger partial charge on any atom is -0.444 e. The highest BCUT2D eigenvalue weighted by Gasteiger charge is 2.47. The highest BCUT2D eigenvalue weighted by molar-refractivity contribution is 5.80. The van der Waals surface area contributed by atoms with Gasteiger partial charge in [0, 0.05) is 37.8 Å². The number of nitrogens with two attached hydrogens (primary N) is 1. The van der Waals surface area contributed by atoms with Crippen molar-refractivity contribution in [3.05, 3.63) is 82.4 Å². The lowest BCUT2D eigenvalue weighted by molar-refractivity contribution is -0.157. The van der Waals surface area contributed by atoms with Gasteiger partial charge in [0.1, 0.15) is 17.7 Å². The smallest absolute Gasteiger partial charge is 0.412 e. The second-order valence-electron chi connectivity index (χ2n) is 14.5. The lowest BCUT2D eigenvalue weighted by Gasteiger charge is -2.42. The van der Waals surface area contributed by atoms with E-state index >= 15 is 0 Å². The Morgan fingerprint density at radius 2 is 1.67 bits per heavy atom. The van der Waals surface area contributed by atoms with Crippen molar-refractivity contribution in [2.45, 2.75) is 94.7 Å². The van der Waals surface area contributed by atoms with Gasteiger partial charge in [-0.15, -0.1) is 0 Å². The summed E-state index contributed by atoms with van der Waals surface area (Å²) in [5.74, 6) is -4.67. The Labute approximate surface area is 296 Å².